The number of hydrogen-bond acceptors (Lipinski definition) is 4. The van der Waals surface area contributed by atoms with Crippen molar-refractivity contribution in [2.75, 3.05) is 0 Å². The van der Waals surface area contributed by atoms with Crippen LogP contribution in [0, 0.1) is 0 Å². The van der Waals surface area contributed by atoms with Crippen LogP contribution >= 0.6 is 0 Å². The Morgan fingerprint density at radius 3 is 2.59 bits per heavy atom. The van der Waals surface area contributed by atoms with Crippen molar-refractivity contribution in [2.45, 2.75) is 45.2 Å². The number of amides is 1. The molecule has 8 nitrogen and oxygen atoms in total. The third-order valence-corrected chi connectivity index (χ3v) is 5.14. The third kappa shape index (κ3) is 4.64. The zero-order valence-electron chi connectivity index (χ0n) is 17.1. The highest BCUT2D eigenvalue weighted by atomic mass is 16.2. The molecular formula is C21H27N5O3. The molecule has 0 bridgehead atoms. The molecule has 8 heteroatoms. The van der Waals surface area contributed by atoms with E-state index >= 15 is 0 Å². The van der Waals surface area contributed by atoms with Gasteiger partial charge in [0.25, 0.3) is 5.56 Å². The van der Waals surface area contributed by atoms with Crippen LogP contribution in [0.15, 0.2) is 46.2 Å². The Balaban J connectivity index is 1.53. The highest BCUT2D eigenvalue weighted by Crippen LogP contribution is 2.08. The molecule has 0 saturated carbocycles. The third-order valence-electron chi connectivity index (χ3n) is 5.14. The maximum absolute atomic E-state index is 12.4. The number of carbonyl (C=O) groups is 1. The summed E-state index contributed by atoms with van der Waals surface area (Å²) in [6, 6.07) is 10.3. The Hall–Kier alpha value is -3.16. The second-order valence-electron chi connectivity index (χ2n) is 7.41. The van der Waals surface area contributed by atoms with Crippen LogP contribution in [-0.2, 0) is 31.9 Å². The SMILES string of the molecule is CC(CCc1ccccc1)NC(=O)CCCn1cnc2c1c(=O)n(C)c(=O)n2C. The number of aromatic nitrogens is 4. The lowest BCUT2D eigenvalue weighted by Crippen LogP contribution is -2.37. The van der Waals surface area contributed by atoms with Gasteiger partial charge in [0.1, 0.15) is 0 Å². The number of nitrogens with zero attached hydrogens (tertiary/aromatic N) is 4. The molecule has 1 atom stereocenters. The fourth-order valence-electron chi connectivity index (χ4n) is 3.42. The van der Waals surface area contributed by atoms with Gasteiger partial charge in [0.15, 0.2) is 11.2 Å². The molecule has 1 N–H and O–H groups in total. The molecule has 1 amide bonds. The fraction of sp³-hybridized carbons (Fsp3) is 0.429. The molecule has 0 aliphatic heterocycles. The Kier molecular flexibility index (Phi) is 6.31. The number of hydrogen-bond donors (Lipinski definition) is 1. The molecule has 0 radical (unpaired) electrons. The van der Waals surface area contributed by atoms with Crippen LogP contribution in [0.3, 0.4) is 0 Å². The molecular weight excluding hydrogens is 370 g/mol. The summed E-state index contributed by atoms with van der Waals surface area (Å²) in [6.07, 6.45) is 4.29. The van der Waals surface area contributed by atoms with E-state index in [-0.39, 0.29) is 17.5 Å². The molecule has 0 fully saturated rings. The van der Waals surface area contributed by atoms with E-state index in [2.05, 4.69) is 22.4 Å². The molecule has 0 spiro atoms. The minimum atomic E-state index is -0.406. The number of imidazole rings is 1. The van der Waals surface area contributed by atoms with Gasteiger partial charge >= 0.3 is 5.69 Å². The Bertz CT molecular complexity index is 1110. The number of aryl methyl sites for hydroxylation is 3. The lowest BCUT2D eigenvalue weighted by Gasteiger charge is -2.14. The largest absolute Gasteiger partial charge is 0.354 e. The average Bonchev–Trinajstić information content (AvgIpc) is 3.14. The first-order chi connectivity index (χ1) is 13.9. The maximum Gasteiger partial charge on any atom is 0.332 e. The van der Waals surface area contributed by atoms with Crippen LogP contribution in [0.25, 0.3) is 11.2 Å². The molecule has 0 aliphatic rings. The number of carbonyl (C=O) groups excluding carboxylic acids is 1. The number of benzene rings is 1. The standard InChI is InChI=1S/C21H27N5O3/c1-15(11-12-16-8-5-4-6-9-16)23-17(27)10-7-13-26-14-22-19-18(26)20(28)25(3)21(29)24(19)2/h4-6,8-9,14-15H,7,10-13H2,1-3H3,(H,23,27). The quantitative estimate of drug-likeness (QED) is 0.621. The second kappa shape index (κ2) is 8.89. The fourth-order valence-corrected chi connectivity index (χ4v) is 3.42. The summed E-state index contributed by atoms with van der Waals surface area (Å²) in [6.45, 7) is 2.49. The van der Waals surface area contributed by atoms with E-state index in [1.165, 1.54) is 17.2 Å². The molecule has 2 heterocycles. The number of fused-ring (bicyclic) bond motifs is 1. The summed E-state index contributed by atoms with van der Waals surface area (Å²) in [5.74, 6) is -0.00437. The van der Waals surface area contributed by atoms with Gasteiger partial charge in [0.05, 0.1) is 6.33 Å². The van der Waals surface area contributed by atoms with Crippen LogP contribution in [0.4, 0.5) is 0 Å². The Morgan fingerprint density at radius 1 is 1.14 bits per heavy atom. The monoisotopic (exact) mass is 397 g/mol. The first-order valence-corrected chi connectivity index (χ1v) is 9.82. The number of rotatable bonds is 8. The molecule has 0 saturated heterocycles. The normalized spacial score (nSPS) is 12.2. The van der Waals surface area contributed by atoms with E-state index in [0.717, 1.165) is 17.4 Å². The summed E-state index contributed by atoms with van der Waals surface area (Å²) in [4.78, 5) is 40.8. The van der Waals surface area contributed by atoms with Gasteiger partial charge in [-0.15, -0.1) is 0 Å². The molecule has 2 aromatic heterocycles. The molecule has 1 aromatic carbocycles. The van der Waals surface area contributed by atoms with Crippen molar-refractivity contribution in [1.82, 2.24) is 24.0 Å². The zero-order chi connectivity index (χ0) is 21.0. The Morgan fingerprint density at radius 2 is 1.86 bits per heavy atom. The van der Waals surface area contributed by atoms with E-state index in [1.807, 2.05) is 25.1 Å². The van der Waals surface area contributed by atoms with Gasteiger partial charge in [-0.2, -0.15) is 0 Å². The van der Waals surface area contributed by atoms with Crippen LogP contribution in [0.2, 0.25) is 0 Å². The Labute approximate surface area is 168 Å². The minimum absolute atomic E-state index is 0.00437. The van der Waals surface area contributed by atoms with Gasteiger partial charge in [0, 0.05) is 33.1 Å². The van der Waals surface area contributed by atoms with Crippen LogP contribution in [0.5, 0.6) is 0 Å². The summed E-state index contributed by atoms with van der Waals surface area (Å²) in [5, 5.41) is 3.03. The molecule has 0 aliphatic carbocycles. The second-order valence-corrected chi connectivity index (χ2v) is 7.41. The minimum Gasteiger partial charge on any atom is -0.354 e. The van der Waals surface area contributed by atoms with E-state index in [1.54, 1.807) is 17.9 Å². The predicted molar refractivity (Wildman–Crippen MR) is 112 cm³/mol. The van der Waals surface area contributed by atoms with E-state index in [9.17, 15) is 14.4 Å². The van der Waals surface area contributed by atoms with Crippen molar-refractivity contribution in [3.63, 3.8) is 0 Å². The molecule has 29 heavy (non-hydrogen) atoms. The van der Waals surface area contributed by atoms with E-state index < -0.39 is 5.69 Å². The smallest absolute Gasteiger partial charge is 0.332 e. The topological polar surface area (TPSA) is 90.9 Å². The summed E-state index contributed by atoms with van der Waals surface area (Å²) < 4.78 is 4.14. The van der Waals surface area contributed by atoms with Crippen molar-refractivity contribution in [1.29, 1.82) is 0 Å². The first kappa shape index (κ1) is 20.6. The molecule has 3 rings (SSSR count). The molecule has 1 unspecified atom stereocenters. The highest BCUT2D eigenvalue weighted by Gasteiger charge is 2.14. The zero-order valence-corrected chi connectivity index (χ0v) is 17.1. The number of nitrogens with one attached hydrogen (secondary N) is 1. The molecule has 154 valence electrons. The lowest BCUT2D eigenvalue weighted by atomic mass is 10.1. The van der Waals surface area contributed by atoms with Crippen LogP contribution < -0.4 is 16.6 Å². The van der Waals surface area contributed by atoms with Crippen molar-refractivity contribution in [3.05, 3.63) is 63.1 Å². The van der Waals surface area contributed by atoms with Crippen LogP contribution in [-0.4, -0.2) is 30.6 Å². The summed E-state index contributed by atoms with van der Waals surface area (Å²) in [5.41, 5.74) is 1.22. The average molecular weight is 397 g/mol. The van der Waals surface area contributed by atoms with Gasteiger partial charge in [-0.05, 0) is 31.7 Å². The summed E-state index contributed by atoms with van der Waals surface area (Å²) >= 11 is 0. The van der Waals surface area contributed by atoms with Crippen molar-refractivity contribution < 1.29 is 4.79 Å². The van der Waals surface area contributed by atoms with Gasteiger partial charge < -0.3 is 9.88 Å². The highest BCUT2D eigenvalue weighted by molar-refractivity contribution is 5.76. The lowest BCUT2D eigenvalue weighted by molar-refractivity contribution is -0.121. The maximum atomic E-state index is 12.4. The van der Waals surface area contributed by atoms with Gasteiger partial charge in [-0.25, -0.2) is 9.78 Å². The van der Waals surface area contributed by atoms with Crippen molar-refractivity contribution in [2.24, 2.45) is 14.1 Å². The summed E-state index contributed by atoms with van der Waals surface area (Å²) in [7, 11) is 3.04. The van der Waals surface area contributed by atoms with Crippen molar-refractivity contribution in [3.8, 4) is 0 Å². The van der Waals surface area contributed by atoms with Gasteiger partial charge in [-0.3, -0.25) is 18.7 Å². The molecule has 3 aromatic rings. The first-order valence-electron chi connectivity index (χ1n) is 9.82. The van der Waals surface area contributed by atoms with Gasteiger partial charge in [-0.1, -0.05) is 30.3 Å². The van der Waals surface area contributed by atoms with Crippen molar-refractivity contribution >= 4 is 17.1 Å². The van der Waals surface area contributed by atoms with E-state index in [4.69, 9.17) is 0 Å². The predicted octanol–water partition coefficient (Wildman–Crippen LogP) is 1.35. The van der Waals surface area contributed by atoms with Crippen LogP contribution in [0.1, 0.15) is 31.7 Å². The van der Waals surface area contributed by atoms with E-state index in [0.29, 0.717) is 30.6 Å². The van der Waals surface area contributed by atoms with Gasteiger partial charge in [0.2, 0.25) is 5.91 Å².